The number of hydrogen-bond donors (Lipinski definition) is 3. The van der Waals surface area contributed by atoms with Crippen LogP contribution in [-0.2, 0) is 14.3 Å². The number of allylic oxidation sites excluding steroid dienone is 2. The molecule has 0 heterocycles. The zero-order chi connectivity index (χ0) is 47.9. The van der Waals surface area contributed by atoms with Crippen molar-refractivity contribution in [1.82, 2.24) is 5.32 Å². The summed E-state index contributed by atoms with van der Waals surface area (Å²) >= 11 is 0. The summed E-state index contributed by atoms with van der Waals surface area (Å²) in [5, 5.41) is 23.3. The second kappa shape index (κ2) is 56.2. The molecule has 6 heteroatoms. The summed E-state index contributed by atoms with van der Waals surface area (Å²) in [7, 11) is 0. The van der Waals surface area contributed by atoms with Crippen LogP contribution in [0.5, 0.6) is 0 Å². The van der Waals surface area contributed by atoms with Gasteiger partial charge in [0.05, 0.1) is 25.4 Å². The van der Waals surface area contributed by atoms with E-state index < -0.39 is 12.1 Å². The van der Waals surface area contributed by atoms with Gasteiger partial charge < -0.3 is 20.3 Å². The van der Waals surface area contributed by atoms with Gasteiger partial charge in [-0.3, -0.25) is 9.59 Å². The van der Waals surface area contributed by atoms with Crippen molar-refractivity contribution in [2.75, 3.05) is 13.2 Å². The smallest absolute Gasteiger partial charge is 0.305 e. The number of aliphatic hydroxyl groups is 2. The van der Waals surface area contributed by atoms with Gasteiger partial charge in [0.25, 0.3) is 0 Å². The second-order valence-corrected chi connectivity index (χ2v) is 20.7. The molecule has 0 aliphatic rings. The van der Waals surface area contributed by atoms with Crippen LogP contribution in [-0.4, -0.2) is 47.4 Å². The lowest BCUT2D eigenvalue weighted by Gasteiger charge is -2.22. The number of rotatable bonds is 56. The molecule has 0 radical (unpaired) electrons. The number of aliphatic hydroxyl groups excluding tert-OH is 2. The van der Waals surface area contributed by atoms with Crippen molar-refractivity contribution in [3.05, 3.63) is 12.2 Å². The fraction of sp³-hybridized carbons (Fsp3) is 0.933. The molecule has 0 rings (SSSR count). The molecule has 6 nitrogen and oxygen atoms in total. The van der Waals surface area contributed by atoms with Crippen LogP contribution in [0.3, 0.4) is 0 Å². The number of nitrogens with one attached hydrogen (secondary N) is 1. The molecule has 0 aromatic carbocycles. The Kier molecular flexibility index (Phi) is 55.0. The van der Waals surface area contributed by atoms with Crippen LogP contribution in [0.15, 0.2) is 12.2 Å². The number of hydrogen-bond acceptors (Lipinski definition) is 5. The van der Waals surface area contributed by atoms with Gasteiger partial charge in [-0.2, -0.15) is 0 Å². The van der Waals surface area contributed by atoms with Gasteiger partial charge in [-0.25, -0.2) is 0 Å². The Morgan fingerprint density at radius 3 is 1.08 bits per heavy atom. The largest absolute Gasteiger partial charge is 0.466 e. The molecule has 0 aliphatic carbocycles. The number of carbonyl (C=O) groups excluding carboxylic acids is 2. The molecule has 392 valence electrons. The molecular weight excluding hydrogens is 815 g/mol. The number of amides is 1. The van der Waals surface area contributed by atoms with Crippen molar-refractivity contribution < 1.29 is 24.5 Å². The van der Waals surface area contributed by atoms with E-state index in [1.54, 1.807) is 0 Å². The van der Waals surface area contributed by atoms with E-state index in [1.807, 2.05) is 0 Å². The fourth-order valence-corrected chi connectivity index (χ4v) is 9.46. The predicted molar refractivity (Wildman–Crippen MR) is 287 cm³/mol. The van der Waals surface area contributed by atoms with E-state index in [9.17, 15) is 19.8 Å². The summed E-state index contributed by atoms with van der Waals surface area (Å²) < 4.78 is 5.46. The zero-order valence-corrected chi connectivity index (χ0v) is 44.7. The van der Waals surface area contributed by atoms with Gasteiger partial charge in [0, 0.05) is 12.8 Å². The van der Waals surface area contributed by atoms with E-state index >= 15 is 0 Å². The minimum atomic E-state index is -0.665. The van der Waals surface area contributed by atoms with Gasteiger partial charge in [-0.05, 0) is 51.4 Å². The van der Waals surface area contributed by atoms with Gasteiger partial charge in [-0.1, -0.05) is 283 Å². The van der Waals surface area contributed by atoms with Crippen LogP contribution >= 0.6 is 0 Å². The molecular formula is C60H117NO5. The third kappa shape index (κ3) is 52.0. The first-order valence-corrected chi connectivity index (χ1v) is 29.9. The molecule has 0 spiro atoms. The van der Waals surface area contributed by atoms with E-state index in [0.717, 1.165) is 38.5 Å². The highest BCUT2D eigenvalue weighted by atomic mass is 16.5. The predicted octanol–water partition coefficient (Wildman–Crippen LogP) is 18.5. The third-order valence-corrected chi connectivity index (χ3v) is 14.1. The maximum Gasteiger partial charge on any atom is 0.305 e. The van der Waals surface area contributed by atoms with E-state index in [0.29, 0.717) is 25.9 Å². The quantitative estimate of drug-likeness (QED) is 0.0321. The van der Waals surface area contributed by atoms with Crippen molar-refractivity contribution in [2.24, 2.45) is 0 Å². The first-order chi connectivity index (χ1) is 32.5. The normalized spacial score (nSPS) is 12.6. The SMILES string of the molecule is CCCCCCCCCCCCCCCCC(O)C(CO)NC(=O)CCCCCCCCCC/C=C\CCCCCCCCCCCCCCOC(=O)CCCCCCCCCCCCC. The summed E-state index contributed by atoms with van der Waals surface area (Å²) in [6.45, 7) is 4.96. The highest BCUT2D eigenvalue weighted by molar-refractivity contribution is 5.76. The Balaban J connectivity index is 3.39. The monoisotopic (exact) mass is 932 g/mol. The van der Waals surface area contributed by atoms with E-state index in [-0.39, 0.29) is 18.5 Å². The molecule has 0 fully saturated rings. The first-order valence-electron chi connectivity index (χ1n) is 29.9. The van der Waals surface area contributed by atoms with Crippen molar-refractivity contribution >= 4 is 11.9 Å². The molecule has 0 aromatic heterocycles. The summed E-state index contributed by atoms with van der Waals surface area (Å²) in [6.07, 6.45) is 66.4. The van der Waals surface area contributed by atoms with Crippen molar-refractivity contribution in [1.29, 1.82) is 0 Å². The molecule has 0 saturated carbocycles. The van der Waals surface area contributed by atoms with E-state index in [2.05, 4.69) is 31.3 Å². The molecule has 3 N–H and O–H groups in total. The van der Waals surface area contributed by atoms with Crippen molar-refractivity contribution in [3.63, 3.8) is 0 Å². The number of carbonyl (C=O) groups is 2. The zero-order valence-electron chi connectivity index (χ0n) is 44.7. The summed E-state index contributed by atoms with van der Waals surface area (Å²) in [4.78, 5) is 24.5. The lowest BCUT2D eigenvalue weighted by Crippen LogP contribution is -2.45. The van der Waals surface area contributed by atoms with E-state index in [1.165, 1.54) is 263 Å². The van der Waals surface area contributed by atoms with Gasteiger partial charge in [-0.15, -0.1) is 0 Å². The fourth-order valence-electron chi connectivity index (χ4n) is 9.46. The van der Waals surface area contributed by atoms with Crippen LogP contribution < -0.4 is 5.32 Å². The Morgan fingerprint density at radius 2 is 0.712 bits per heavy atom. The van der Waals surface area contributed by atoms with Crippen LogP contribution in [0.25, 0.3) is 0 Å². The molecule has 0 aliphatic heterocycles. The van der Waals surface area contributed by atoms with Crippen LogP contribution in [0.2, 0.25) is 0 Å². The second-order valence-electron chi connectivity index (χ2n) is 20.7. The minimum absolute atomic E-state index is 0.0126. The third-order valence-electron chi connectivity index (χ3n) is 14.1. The first kappa shape index (κ1) is 64.6. The topological polar surface area (TPSA) is 95.9 Å². The molecule has 0 saturated heterocycles. The molecule has 0 bridgehead atoms. The number of unbranched alkanes of at least 4 members (excludes halogenated alkanes) is 43. The number of esters is 1. The van der Waals surface area contributed by atoms with Gasteiger partial charge in [0.1, 0.15) is 0 Å². The van der Waals surface area contributed by atoms with Gasteiger partial charge >= 0.3 is 5.97 Å². The molecule has 2 unspecified atom stereocenters. The highest BCUT2D eigenvalue weighted by Gasteiger charge is 2.20. The summed E-state index contributed by atoms with van der Waals surface area (Å²) in [6, 6.07) is -0.543. The molecule has 2 atom stereocenters. The van der Waals surface area contributed by atoms with Crippen LogP contribution in [0, 0.1) is 0 Å². The lowest BCUT2D eigenvalue weighted by atomic mass is 10.0. The van der Waals surface area contributed by atoms with Gasteiger partial charge in [0.15, 0.2) is 0 Å². The minimum Gasteiger partial charge on any atom is -0.466 e. The Bertz CT molecular complexity index is 986. The van der Waals surface area contributed by atoms with Gasteiger partial charge in [0.2, 0.25) is 5.91 Å². The summed E-state index contributed by atoms with van der Waals surface area (Å²) in [5.74, 6) is -0.0250. The van der Waals surface area contributed by atoms with Crippen molar-refractivity contribution in [2.45, 2.75) is 347 Å². The van der Waals surface area contributed by atoms with Crippen LogP contribution in [0.1, 0.15) is 335 Å². The maximum atomic E-state index is 12.5. The lowest BCUT2D eigenvalue weighted by molar-refractivity contribution is -0.143. The average molecular weight is 933 g/mol. The van der Waals surface area contributed by atoms with Crippen LogP contribution in [0.4, 0.5) is 0 Å². The standard InChI is InChI=1S/C60H117NO5/c1-3-5-7-9-11-13-15-16-29-33-36-40-44-48-52-58(63)57(56-62)61-59(64)53-49-45-41-37-34-30-27-25-23-21-19-17-18-20-22-24-26-28-31-35-39-43-47-51-55-66-60(65)54-50-46-42-38-32-14-12-10-8-6-4-2/h19,21,57-58,62-63H,3-18,20,22-56H2,1-2H3,(H,61,64)/b21-19-. The number of ether oxygens (including phenoxy) is 1. The van der Waals surface area contributed by atoms with Crippen molar-refractivity contribution in [3.8, 4) is 0 Å². The summed E-state index contributed by atoms with van der Waals surface area (Å²) in [5.41, 5.74) is 0. The Hall–Kier alpha value is -1.40. The molecule has 66 heavy (non-hydrogen) atoms. The maximum absolute atomic E-state index is 12.5. The van der Waals surface area contributed by atoms with E-state index in [4.69, 9.17) is 4.74 Å². The Morgan fingerprint density at radius 1 is 0.409 bits per heavy atom. The average Bonchev–Trinajstić information content (AvgIpc) is 3.32. The molecule has 0 aromatic rings. The Labute approximate surface area is 412 Å². The highest BCUT2D eigenvalue weighted by Crippen LogP contribution is 2.17. The molecule has 1 amide bonds.